The first-order valence-corrected chi connectivity index (χ1v) is 9.66. The monoisotopic (exact) mass is 425 g/mol. The molecule has 8 nitrogen and oxygen atoms in total. The zero-order valence-corrected chi connectivity index (χ0v) is 17.5. The molecule has 0 fully saturated rings. The Bertz CT molecular complexity index is 1250. The number of aromatic nitrogens is 1. The minimum atomic E-state index is -0.526. The van der Waals surface area contributed by atoms with E-state index in [1.165, 1.54) is 12.1 Å². The highest BCUT2D eigenvalue weighted by atomic mass is 16.6. The van der Waals surface area contributed by atoms with Crippen molar-refractivity contribution in [2.24, 2.45) is 0 Å². The number of nitro groups is 1. The summed E-state index contributed by atoms with van der Waals surface area (Å²) in [6, 6.07) is 17.2. The summed E-state index contributed by atoms with van der Waals surface area (Å²) in [6.07, 6.45) is 3.99. The van der Waals surface area contributed by atoms with Crippen LogP contribution >= 0.6 is 0 Å². The standard InChI is InChI=1S/C24H19N5O3/c1-16-13-19(5-3-4-12-25)14-17(2)23(16)32-22-11-10-21(29(30)31)24(28-22)27-20-8-6-18(15-26)7-9-20/h3,5-11,13-14H,4H2,1-2H3,(H,27,28)/b5-3+. The predicted molar refractivity (Wildman–Crippen MR) is 121 cm³/mol. The van der Waals surface area contributed by atoms with Gasteiger partial charge in [0.2, 0.25) is 11.7 Å². The van der Waals surface area contributed by atoms with Gasteiger partial charge in [-0.1, -0.05) is 12.2 Å². The van der Waals surface area contributed by atoms with Gasteiger partial charge in [0.1, 0.15) is 5.75 Å². The number of nitrogens with one attached hydrogen (secondary N) is 1. The van der Waals surface area contributed by atoms with Crippen molar-refractivity contribution in [3.63, 3.8) is 0 Å². The van der Waals surface area contributed by atoms with Gasteiger partial charge in [-0.15, -0.1) is 0 Å². The number of aryl methyl sites for hydroxylation is 2. The fourth-order valence-electron chi connectivity index (χ4n) is 3.09. The molecule has 8 heteroatoms. The second-order valence-electron chi connectivity index (χ2n) is 6.94. The van der Waals surface area contributed by atoms with E-state index in [1.807, 2.05) is 38.1 Å². The predicted octanol–water partition coefficient (Wildman–Crippen LogP) is 5.94. The Morgan fingerprint density at radius 1 is 1.12 bits per heavy atom. The summed E-state index contributed by atoms with van der Waals surface area (Å²) in [6.45, 7) is 3.79. The highest BCUT2D eigenvalue weighted by molar-refractivity contribution is 5.67. The molecule has 158 valence electrons. The topological polar surface area (TPSA) is 125 Å². The molecule has 0 unspecified atom stereocenters. The maximum absolute atomic E-state index is 11.5. The van der Waals surface area contributed by atoms with Gasteiger partial charge in [-0.3, -0.25) is 10.1 Å². The van der Waals surface area contributed by atoms with E-state index in [9.17, 15) is 10.1 Å². The van der Waals surface area contributed by atoms with Gasteiger partial charge in [-0.25, -0.2) is 0 Å². The van der Waals surface area contributed by atoms with E-state index in [4.69, 9.17) is 15.3 Å². The summed E-state index contributed by atoms with van der Waals surface area (Å²) in [5, 5.41) is 32.0. The first-order chi connectivity index (χ1) is 15.4. The van der Waals surface area contributed by atoms with E-state index in [0.29, 0.717) is 23.4 Å². The van der Waals surface area contributed by atoms with Crippen LogP contribution in [0.15, 0.2) is 54.6 Å². The van der Waals surface area contributed by atoms with Gasteiger partial charge in [0, 0.05) is 17.8 Å². The molecule has 0 aliphatic heterocycles. The second kappa shape index (κ2) is 9.88. The fourth-order valence-corrected chi connectivity index (χ4v) is 3.09. The van der Waals surface area contributed by atoms with Gasteiger partial charge in [0.25, 0.3) is 0 Å². The van der Waals surface area contributed by atoms with E-state index >= 15 is 0 Å². The van der Waals surface area contributed by atoms with Crippen LogP contribution in [-0.4, -0.2) is 9.91 Å². The van der Waals surface area contributed by atoms with Gasteiger partial charge in [-0.2, -0.15) is 15.5 Å². The quantitative estimate of drug-likeness (QED) is 0.367. The number of anilines is 2. The van der Waals surface area contributed by atoms with Crippen molar-refractivity contribution in [2.45, 2.75) is 20.3 Å². The smallest absolute Gasteiger partial charge is 0.311 e. The molecular formula is C24H19N5O3. The molecular weight excluding hydrogens is 406 g/mol. The van der Waals surface area contributed by atoms with E-state index in [0.717, 1.165) is 16.7 Å². The molecule has 0 spiro atoms. The van der Waals surface area contributed by atoms with Crippen molar-refractivity contribution in [1.82, 2.24) is 4.98 Å². The Morgan fingerprint density at radius 3 is 2.41 bits per heavy atom. The Balaban J connectivity index is 1.90. The van der Waals surface area contributed by atoms with Crippen molar-refractivity contribution in [1.29, 1.82) is 10.5 Å². The highest BCUT2D eigenvalue weighted by Gasteiger charge is 2.18. The number of allylic oxidation sites excluding steroid dienone is 1. The van der Waals surface area contributed by atoms with Crippen LogP contribution in [0.4, 0.5) is 17.2 Å². The number of ether oxygens (including phenoxy) is 1. The molecule has 0 saturated carbocycles. The van der Waals surface area contributed by atoms with Crippen LogP contribution < -0.4 is 10.1 Å². The molecule has 0 aliphatic rings. The summed E-state index contributed by atoms with van der Waals surface area (Å²) in [5.74, 6) is 0.836. The van der Waals surface area contributed by atoms with Crippen LogP contribution in [0, 0.1) is 46.6 Å². The van der Waals surface area contributed by atoms with Crippen LogP contribution in [0.25, 0.3) is 6.08 Å². The van der Waals surface area contributed by atoms with Crippen LogP contribution in [0.5, 0.6) is 11.6 Å². The molecule has 3 rings (SSSR count). The molecule has 32 heavy (non-hydrogen) atoms. The highest BCUT2D eigenvalue weighted by Crippen LogP contribution is 2.33. The van der Waals surface area contributed by atoms with Crippen molar-refractivity contribution < 1.29 is 9.66 Å². The second-order valence-corrected chi connectivity index (χ2v) is 6.94. The third kappa shape index (κ3) is 5.26. The van der Waals surface area contributed by atoms with Crippen molar-refractivity contribution in [2.75, 3.05) is 5.32 Å². The Hall–Kier alpha value is -4.69. The summed E-state index contributed by atoms with van der Waals surface area (Å²) in [7, 11) is 0. The van der Waals surface area contributed by atoms with E-state index in [1.54, 1.807) is 30.3 Å². The summed E-state index contributed by atoms with van der Waals surface area (Å²) < 4.78 is 5.98. The average Bonchev–Trinajstić information content (AvgIpc) is 2.77. The lowest BCUT2D eigenvalue weighted by atomic mass is 10.1. The van der Waals surface area contributed by atoms with Gasteiger partial charge in [0.15, 0.2) is 0 Å². The number of benzene rings is 2. The molecule has 0 bridgehead atoms. The molecule has 1 N–H and O–H groups in total. The molecule has 3 aromatic rings. The third-order valence-electron chi connectivity index (χ3n) is 4.53. The molecule has 0 saturated heterocycles. The zero-order valence-electron chi connectivity index (χ0n) is 17.5. The summed E-state index contributed by atoms with van der Waals surface area (Å²) >= 11 is 0. The third-order valence-corrected chi connectivity index (χ3v) is 4.53. The number of rotatable bonds is 7. The number of nitrogens with zero attached hydrogens (tertiary/aromatic N) is 4. The number of hydrogen-bond donors (Lipinski definition) is 1. The van der Waals surface area contributed by atoms with Crippen LogP contribution in [0.1, 0.15) is 28.7 Å². The van der Waals surface area contributed by atoms with Crippen LogP contribution in [-0.2, 0) is 0 Å². The Kier molecular flexibility index (Phi) is 6.79. The largest absolute Gasteiger partial charge is 0.438 e. The molecule has 2 aromatic carbocycles. The van der Waals surface area contributed by atoms with Crippen molar-refractivity contribution >= 4 is 23.3 Å². The molecule has 0 radical (unpaired) electrons. The average molecular weight is 425 g/mol. The first-order valence-electron chi connectivity index (χ1n) is 9.66. The molecule has 0 atom stereocenters. The lowest BCUT2D eigenvalue weighted by Crippen LogP contribution is -2.02. The first kappa shape index (κ1) is 22.0. The van der Waals surface area contributed by atoms with Crippen molar-refractivity contribution in [3.05, 3.63) is 87.0 Å². The van der Waals surface area contributed by atoms with Gasteiger partial charge in [0.05, 0.1) is 29.0 Å². The SMILES string of the molecule is Cc1cc(/C=C/CC#N)cc(C)c1Oc1ccc([N+](=O)[O-])c(Nc2ccc(C#N)cc2)n1. The fraction of sp³-hybridized carbons (Fsp3) is 0.125. The normalized spacial score (nSPS) is 10.4. The minimum absolute atomic E-state index is 0.0311. The Labute approximate surface area is 185 Å². The van der Waals surface area contributed by atoms with Gasteiger partial charge >= 0.3 is 5.69 Å². The number of hydrogen-bond acceptors (Lipinski definition) is 7. The number of pyridine rings is 1. The molecule has 1 heterocycles. The maximum atomic E-state index is 11.5. The number of nitriles is 2. The lowest BCUT2D eigenvalue weighted by Gasteiger charge is -2.13. The minimum Gasteiger partial charge on any atom is -0.438 e. The zero-order chi connectivity index (χ0) is 23.1. The van der Waals surface area contributed by atoms with E-state index in [2.05, 4.69) is 16.4 Å². The van der Waals surface area contributed by atoms with Crippen LogP contribution in [0.3, 0.4) is 0 Å². The van der Waals surface area contributed by atoms with Crippen molar-refractivity contribution in [3.8, 4) is 23.8 Å². The summed E-state index contributed by atoms with van der Waals surface area (Å²) in [5.41, 5.74) is 3.51. The molecule has 0 aliphatic carbocycles. The van der Waals surface area contributed by atoms with E-state index < -0.39 is 4.92 Å². The van der Waals surface area contributed by atoms with Crippen LogP contribution in [0.2, 0.25) is 0 Å². The lowest BCUT2D eigenvalue weighted by molar-refractivity contribution is -0.384. The Morgan fingerprint density at radius 2 is 1.81 bits per heavy atom. The summed E-state index contributed by atoms with van der Waals surface area (Å²) in [4.78, 5) is 15.2. The van der Waals surface area contributed by atoms with Gasteiger partial charge < -0.3 is 10.1 Å². The maximum Gasteiger partial charge on any atom is 0.311 e. The molecule has 0 amide bonds. The van der Waals surface area contributed by atoms with E-state index in [-0.39, 0.29) is 17.4 Å². The molecule has 1 aromatic heterocycles. The van der Waals surface area contributed by atoms with Gasteiger partial charge in [-0.05, 0) is 66.9 Å².